The van der Waals surface area contributed by atoms with Crippen LogP contribution in [-0.4, -0.2) is 45.3 Å². The number of amides is 2. The summed E-state index contributed by atoms with van der Waals surface area (Å²) >= 11 is 0. The van der Waals surface area contributed by atoms with E-state index >= 15 is 0 Å². The normalized spacial score (nSPS) is 17.2. The molecule has 7 heteroatoms. The largest absolute Gasteiger partial charge is 0.336 e. The lowest BCUT2D eigenvalue weighted by atomic mass is 10.1. The second-order valence-electron chi connectivity index (χ2n) is 6.55. The molecule has 0 aliphatic carbocycles. The molecule has 2 aromatic rings. The average Bonchev–Trinajstić information content (AvgIpc) is 3.28. The van der Waals surface area contributed by atoms with Crippen molar-refractivity contribution in [2.24, 2.45) is 7.05 Å². The molecule has 0 spiro atoms. The number of hydrogen-bond acceptors (Lipinski definition) is 4. The van der Waals surface area contributed by atoms with E-state index in [1.807, 2.05) is 24.6 Å². The Bertz CT molecular complexity index is 680. The summed E-state index contributed by atoms with van der Waals surface area (Å²) in [7, 11) is 1.87. The monoisotopic (exact) mass is 342 g/mol. The number of carbonyl (C=O) groups is 1. The summed E-state index contributed by atoms with van der Waals surface area (Å²) < 4.78 is 1.81. The minimum Gasteiger partial charge on any atom is -0.336 e. The highest BCUT2D eigenvalue weighted by Gasteiger charge is 2.24. The van der Waals surface area contributed by atoms with Gasteiger partial charge in [0.05, 0.1) is 12.1 Å². The van der Waals surface area contributed by atoms with Crippen LogP contribution in [0.3, 0.4) is 0 Å². The van der Waals surface area contributed by atoms with Crippen molar-refractivity contribution in [3.05, 3.63) is 48.0 Å². The molecule has 134 valence electrons. The van der Waals surface area contributed by atoms with E-state index in [0.29, 0.717) is 6.54 Å². The van der Waals surface area contributed by atoms with Gasteiger partial charge in [0.2, 0.25) is 0 Å². The lowest BCUT2D eigenvalue weighted by Gasteiger charge is -2.28. The standard InChI is InChI=1S/C18H26N6O/c1-14(17-22-20-13-23(17)2)21-18(25)19-12-16(24-10-6-7-11-24)15-8-4-3-5-9-15/h3-5,8-9,13-14,16H,6-7,10-12H2,1-2H3,(H2,19,21,25)/t14-,16-/m0/s1. The van der Waals surface area contributed by atoms with Crippen molar-refractivity contribution in [2.75, 3.05) is 19.6 Å². The molecule has 0 saturated carbocycles. The molecule has 2 N–H and O–H groups in total. The van der Waals surface area contributed by atoms with Gasteiger partial charge in [-0.3, -0.25) is 4.90 Å². The molecule has 1 fully saturated rings. The molecule has 0 bridgehead atoms. The van der Waals surface area contributed by atoms with Gasteiger partial charge < -0.3 is 15.2 Å². The third-order valence-corrected chi connectivity index (χ3v) is 4.70. The van der Waals surface area contributed by atoms with E-state index in [2.05, 4.69) is 50.0 Å². The van der Waals surface area contributed by atoms with E-state index in [9.17, 15) is 4.79 Å². The van der Waals surface area contributed by atoms with Gasteiger partial charge in [0, 0.05) is 13.6 Å². The highest BCUT2D eigenvalue weighted by molar-refractivity contribution is 5.74. The number of aryl methyl sites for hydroxylation is 1. The molecule has 0 unspecified atom stereocenters. The molecular formula is C18H26N6O. The van der Waals surface area contributed by atoms with E-state index in [4.69, 9.17) is 0 Å². The number of carbonyl (C=O) groups excluding carboxylic acids is 1. The Labute approximate surface area is 148 Å². The molecule has 1 aromatic carbocycles. The minimum atomic E-state index is -0.200. The molecule has 2 atom stereocenters. The molecule has 1 aliphatic rings. The first kappa shape index (κ1) is 17.4. The van der Waals surface area contributed by atoms with Crippen LogP contribution < -0.4 is 10.6 Å². The Balaban J connectivity index is 1.59. The lowest BCUT2D eigenvalue weighted by molar-refractivity contribution is 0.218. The van der Waals surface area contributed by atoms with E-state index in [0.717, 1.165) is 18.9 Å². The summed E-state index contributed by atoms with van der Waals surface area (Å²) in [6.45, 7) is 4.65. The van der Waals surface area contributed by atoms with Gasteiger partial charge in [-0.05, 0) is 38.4 Å². The summed E-state index contributed by atoms with van der Waals surface area (Å²) in [5, 5.41) is 13.8. The number of nitrogens with zero attached hydrogens (tertiary/aromatic N) is 4. The van der Waals surface area contributed by atoms with Gasteiger partial charge in [-0.25, -0.2) is 4.79 Å². The van der Waals surface area contributed by atoms with Gasteiger partial charge in [-0.15, -0.1) is 10.2 Å². The van der Waals surface area contributed by atoms with Gasteiger partial charge >= 0.3 is 6.03 Å². The molecule has 7 nitrogen and oxygen atoms in total. The van der Waals surface area contributed by atoms with Crippen molar-refractivity contribution in [3.8, 4) is 0 Å². The van der Waals surface area contributed by atoms with Crippen LogP contribution in [0.1, 0.15) is 43.2 Å². The van der Waals surface area contributed by atoms with Crippen molar-refractivity contribution in [1.29, 1.82) is 0 Å². The van der Waals surface area contributed by atoms with Gasteiger partial charge in [0.1, 0.15) is 6.33 Å². The van der Waals surface area contributed by atoms with Crippen LogP contribution >= 0.6 is 0 Å². The number of rotatable bonds is 6. The summed E-state index contributed by atoms with van der Waals surface area (Å²) in [6, 6.07) is 10.2. The molecule has 1 aromatic heterocycles. The number of benzene rings is 1. The summed E-state index contributed by atoms with van der Waals surface area (Å²) in [4.78, 5) is 14.8. The Morgan fingerprint density at radius 3 is 2.60 bits per heavy atom. The maximum Gasteiger partial charge on any atom is 0.315 e. The van der Waals surface area contributed by atoms with Crippen LogP contribution in [-0.2, 0) is 7.05 Å². The van der Waals surface area contributed by atoms with E-state index in [-0.39, 0.29) is 18.1 Å². The minimum absolute atomic E-state index is 0.185. The zero-order chi connectivity index (χ0) is 17.6. The summed E-state index contributed by atoms with van der Waals surface area (Å²) in [6.07, 6.45) is 4.07. The van der Waals surface area contributed by atoms with Gasteiger partial charge in [-0.2, -0.15) is 0 Å². The quantitative estimate of drug-likeness (QED) is 0.842. The van der Waals surface area contributed by atoms with Crippen LogP contribution in [0, 0.1) is 0 Å². The van der Waals surface area contributed by atoms with Crippen molar-refractivity contribution in [2.45, 2.75) is 31.8 Å². The first-order valence-corrected chi connectivity index (χ1v) is 8.82. The molecule has 2 heterocycles. The van der Waals surface area contributed by atoms with Crippen molar-refractivity contribution < 1.29 is 4.79 Å². The first-order valence-electron chi connectivity index (χ1n) is 8.82. The number of aromatic nitrogens is 3. The van der Waals surface area contributed by atoms with Crippen LogP contribution in [0.5, 0.6) is 0 Å². The SMILES string of the molecule is C[C@H](NC(=O)NC[C@@H](c1ccccc1)N1CCCC1)c1nncn1C. The predicted octanol–water partition coefficient (Wildman–Crippen LogP) is 2.01. The summed E-state index contributed by atoms with van der Waals surface area (Å²) in [5.74, 6) is 0.731. The number of likely N-dealkylation sites (tertiary alicyclic amines) is 1. The van der Waals surface area contributed by atoms with E-state index in [1.54, 1.807) is 6.33 Å². The molecule has 2 amide bonds. The predicted molar refractivity (Wildman–Crippen MR) is 95.9 cm³/mol. The fourth-order valence-corrected chi connectivity index (χ4v) is 3.37. The molecule has 0 radical (unpaired) electrons. The van der Waals surface area contributed by atoms with Crippen LogP contribution in [0.4, 0.5) is 4.79 Å². The van der Waals surface area contributed by atoms with Crippen LogP contribution in [0.15, 0.2) is 36.7 Å². The molecule has 1 aliphatic heterocycles. The smallest absolute Gasteiger partial charge is 0.315 e. The number of urea groups is 1. The maximum absolute atomic E-state index is 12.3. The number of hydrogen-bond donors (Lipinski definition) is 2. The van der Waals surface area contributed by atoms with Crippen LogP contribution in [0.25, 0.3) is 0 Å². The van der Waals surface area contributed by atoms with Crippen molar-refractivity contribution in [1.82, 2.24) is 30.3 Å². The fraction of sp³-hybridized carbons (Fsp3) is 0.500. The van der Waals surface area contributed by atoms with E-state index in [1.165, 1.54) is 18.4 Å². The van der Waals surface area contributed by atoms with Gasteiger partial charge in [0.15, 0.2) is 5.82 Å². The van der Waals surface area contributed by atoms with Crippen molar-refractivity contribution >= 4 is 6.03 Å². The lowest BCUT2D eigenvalue weighted by Crippen LogP contribution is -2.42. The molecule has 1 saturated heterocycles. The first-order chi connectivity index (χ1) is 12.1. The molecule has 25 heavy (non-hydrogen) atoms. The Kier molecular flexibility index (Phi) is 5.65. The highest BCUT2D eigenvalue weighted by Crippen LogP contribution is 2.24. The zero-order valence-corrected chi connectivity index (χ0v) is 14.9. The second kappa shape index (κ2) is 8.11. The third-order valence-electron chi connectivity index (χ3n) is 4.70. The van der Waals surface area contributed by atoms with Crippen molar-refractivity contribution in [3.63, 3.8) is 0 Å². The molecule has 3 rings (SSSR count). The summed E-state index contributed by atoms with van der Waals surface area (Å²) in [5.41, 5.74) is 1.24. The van der Waals surface area contributed by atoms with Gasteiger partial charge in [0.25, 0.3) is 0 Å². The fourth-order valence-electron chi connectivity index (χ4n) is 3.37. The topological polar surface area (TPSA) is 75.1 Å². The Morgan fingerprint density at radius 1 is 1.24 bits per heavy atom. The average molecular weight is 342 g/mol. The Hall–Kier alpha value is -2.41. The van der Waals surface area contributed by atoms with E-state index < -0.39 is 0 Å². The Morgan fingerprint density at radius 2 is 1.96 bits per heavy atom. The van der Waals surface area contributed by atoms with Crippen LogP contribution in [0.2, 0.25) is 0 Å². The second-order valence-corrected chi connectivity index (χ2v) is 6.55. The molecular weight excluding hydrogens is 316 g/mol. The zero-order valence-electron chi connectivity index (χ0n) is 14.9. The highest BCUT2D eigenvalue weighted by atomic mass is 16.2. The third kappa shape index (κ3) is 4.36. The number of nitrogens with one attached hydrogen (secondary N) is 2. The van der Waals surface area contributed by atoms with Gasteiger partial charge in [-0.1, -0.05) is 30.3 Å². The maximum atomic E-state index is 12.3.